The van der Waals surface area contributed by atoms with Gasteiger partial charge < -0.3 is 4.74 Å². The van der Waals surface area contributed by atoms with Crippen LogP contribution in [0.2, 0.25) is 0 Å². The molecule has 0 aromatic heterocycles. The topological polar surface area (TPSA) is 52.4 Å². The van der Waals surface area contributed by atoms with Gasteiger partial charge in [0.15, 0.2) is 0 Å². The van der Waals surface area contributed by atoms with Crippen molar-refractivity contribution in [2.24, 2.45) is 0 Å². The van der Waals surface area contributed by atoms with Gasteiger partial charge in [-0.25, -0.2) is 0 Å². The summed E-state index contributed by atoms with van der Waals surface area (Å²) in [6.45, 7) is 0. The Balaban J connectivity index is 2.29. The molecule has 74 valence electrons. The molecule has 0 aliphatic heterocycles. The Hall–Kier alpha value is -1.42. The van der Waals surface area contributed by atoms with Crippen molar-refractivity contribution >= 4 is 5.69 Å². The first-order chi connectivity index (χ1) is 6.74. The Labute approximate surface area is 81.7 Å². The quantitative estimate of drug-likeness (QED) is 0.545. The van der Waals surface area contributed by atoms with E-state index in [9.17, 15) is 10.1 Å². The number of rotatable bonds is 3. The van der Waals surface area contributed by atoms with Gasteiger partial charge in [0.1, 0.15) is 0 Å². The molecule has 1 aromatic carbocycles. The first-order valence-corrected chi connectivity index (χ1v) is 4.50. The molecule has 1 saturated carbocycles. The van der Waals surface area contributed by atoms with E-state index in [0.717, 1.165) is 12.0 Å². The molecule has 14 heavy (non-hydrogen) atoms. The van der Waals surface area contributed by atoms with Crippen LogP contribution in [0.1, 0.15) is 17.9 Å². The molecule has 2 rings (SSSR count). The largest absolute Gasteiger partial charge is 0.381 e. The molecule has 2 atom stereocenters. The summed E-state index contributed by atoms with van der Waals surface area (Å²) in [6, 6.07) is 6.86. The summed E-state index contributed by atoms with van der Waals surface area (Å²) >= 11 is 0. The normalized spacial score (nSPS) is 24.6. The highest BCUT2D eigenvalue weighted by Crippen LogP contribution is 2.46. The van der Waals surface area contributed by atoms with E-state index in [4.69, 9.17) is 4.74 Å². The van der Waals surface area contributed by atoms with E-state index in [1.54, 1.807) is 19.2 Å². The maximum Gasteiger partial charge on any atom is 0.272 e. The summed E-state index contributed by atoms with van der Waals surface area (Å²) in [7, 11) is 1.64. The van der Waals surface area contributed by atoms with Gasteiger partial charge in [-0.15, -0.1) is 0 Å². The SMILES string of the molecule is CO[C@H]1C[C@H]1c1ccccc1[N+](=O)[O-]. The predicted molar refractivity (Wildman–Crippen MR) is 51.3 cm³/mol. The lowest BCUT2D eigenvalue weighted by molar-refractivity contribution is -0.385. The number of benzene rings is 1. The van der Waals surface area contributed by atoms with Gasteiger partial charge in [-0.1, -0.05) is 18.2 Å². The second-order valence-electron chi connectivity index (χ2n) is 3.43. The van der Waals surface area contributed by atoms with Crippen LogP contribution in [0, 0.1) is 10.1 Å². The van der Waals surface area contributed by atoms with Gasteiger partial charge in [0.05, 0.1) is 11.0 Å². The van der Waals surface area contributed by atoms with E-state index in [1.165, 1.54) is 0 Å². The van der Waals surface area contributed by atoms with Crippen molar-refractivity contribution < 1.29 is 9.66 Å². The number of nitro benzene ring substituents is 1. The lowest BCUT2D eigenvalue weighted by Gasteiger charge is -2.00. The van der Waals surface area contributed by atoms with E-state index >= 15 is 0 Å². The predicted octanol–water partition coefficient (Wildman–Crippen LogP) is 2.10. The lowest BCUT2D eigenvalue weighted by atomic mass is 10.1. The number of ether oxygens (including phenoxy) is 1. The zero-order chi connectivity index (χ0) is 10.1. The summed E-state index contributed by atoms with van der Waals surface area (Å²) in [5.41, 5.74) is 1.00. The first-order valence-electron chi connectivity index (χ1n) is 4.50. The van der Waals surface area contributed by atoms with Crippen molar-refractivity contribution in [1.29, 1.82) is 0 Å². The number of hydrogen-bond donors (Lipinski definition) is 0. The van der Waals surface area contributed by atoms with E-state index in [2.05, 4.69) is 0 Å². The second kappa shape index (κ2) is 3.38. The van der Waals surface area contributed by atoms with Gasteiger partial charge in [-0.05, 0) is 6.42 Å². The number of nitrogens with zero attached hydrogens (tertiary/aromatic N) is 1. The number of hydrogen-bond acceptors (Lipinski definition) is 3. The zero-order valence-electron chi connectivity index (χ0n) is 7.84. The van der Waals surface area contributed by atoms with Gasteiger partial charge in [0.2, 0.25) is 0 Å². The van der Waals surface area contributed by atoms with Crippen LogP contribution in [0.3, 0.4) is 0 Å². The van der Waals surface area contributed by atoms with Crippen molar-refractivity contribution in [3.05, 3.63) is 39.9 Å². The van der Waals surface area contributed by atoms with Gasteiger partial charge >= 0.3 is 0 Å². The average molecular weight is 193 g/mol. The Kier molecular flexibility index (Phi) is 2.21. The highest BCUT2D eigenvalue weighted by atomic mass is 16.6. The fraction of sp³-hybridized carbons (Fsp3) is 0.400. The van der Waals surface area contributed by atoms with Crippen molar-refractivity contribution in [3.63, 3.8) is 0 Å². The van der Waals surface area contributed by atoms with Crippen LogP contribution in [-0.4, -0.2) is 18.1 Å². The summed E-state index contributed by atoms with van der Waals surface area (Å²) in [5.74, 6) is 0.210. The first kappa shape index (κ1) is 9.15. The van der Waals surface area contributed by atoms with Crippen LogP contribution in [0.4, 0.5) is 5.69 Å². The number of para-hydroxylation sites is 1. The molecule has 4 heteroatoms. The molecule has 1 aromatic rings. The summed E-state index contributed by atoms with van der Waals surface area (Å²) in [5, 5.41) is 10.7. The molecular formula is C10H11NO3. The summed E-state index contributed by atoms with van der Waals surface area (Å²) in [6.07, 6.45) is 1.05. The molecule has 0 amide bonds. The van der Waals surface area contributed by atoms with E-state index < -0.39 is 0 Å². The Bertz CT molecular complexity index is 364. The molecule has 1 aliphatic rings. The Morgan fingerprint density at radius 3 is 2.79 bits per heavy atom. The van der Waals surface area contributed by atoms with Crippen LogP contribution >= 0.6 is 0 Å². The van der Waals surface area contributed by atoms with E-state index in [1.807, 2.05) is 12.1 Å². The van der Waals surface area contributed by atoms with Gasteiger partial charge in [-0.3, -0.25) is 10.1 Å². The minimum Gasteiger partial charge on any atom is -0.381 e. The molecule has 0 saturated heterocycles. The second-order valence-corrected chi connectivity index (χ2v) is 3.43. The maximum atomic E-state index is 10.7. The van der Waals surface area contributed by atoms with E-state index in [-0.39, 0.29) is 22.6 Å². The number of nitro groups is 1. The summed E-state index contributed by atoms with van der Waals surface area (Å²) in [4.78, 5) is 10.4. The smallest absolute Gasteiger partial charge is 0.272 e. The minimum absolute atomic E-state index is 0.163. The third kappa shape index (κ3) is 1.48. The van der Waals surface area contributed by atoms with Crippen LogP contribution in [0.5, 0.6) is 0 Å². The molecule has 0 radical (unpaired) electrons. The lowest BCUT2D eigenvalue weighted by Crippen LogP contribution is -1.96. The standard InChI is InChI=1S/C10H11NO3/c1-14-10-6-8(10)7-4-2-3-5-9(7)11(12)13/h2-5,8,10H,6H2,1H3/t8-,10-/m0/s1. The molecule has 0 unspecified atom stereocenters. The fourth-order valence-electron chi connectivity index (χ4n) is 1.73. The molecule has 1 aliphatic carbocycles. The average Bonchev–Trinajstić information content (AvgIpc) is 2.96. The van der Waals surface area contributed by atoms with Crippen molar-refractivity contribution in [2.75, 3.05) is 7.11 Å². The monoisotopic (exact) mass is 193 g/mol. The summed E-state index contributed by atoms with van der Waals surface area (Å²) < 4.78 is 5.14. The van der Waals surface area contributed by atoms with Crippen LogP contribution in [-0.2, 0) is 4.74 Å². The van der Waals surface area contributed by atoms with Crippen molar-refractivity contribution in [1.82, 2.24) is 0 Å². The van der Waals surface area contributed by atoms with Crippen molar-refractivity contribution in [2.45, 2.75) is 18.4 Å². The third-order valence-corrected chi connectivity index (χ3v) is 2.57. The zero-order valence-corrected chi connectivity index (χ0v) is 7.84. The van der Waals surface area contributed by atoms with E-state index in [0.29, 0.717) is 0 Å². The van der Waals surface area contributed by atoms with Gasteiger partial charge in [-0.2, -0.15) is 0 Å². The molecule has 0 spiro atoms. The molecule has 0 N–H and O–H groups in total. The van der Waals surface area contributed by atoms with Crippen LogP contribution in [0.25, 0.3) is 0 Å². The van der Waals surface area contributed by atoms with Gasteiger partial charge in [0.25, 0.3) is 5.69 Å². The third-order valence-electron chi connectivity index (χ3n) is 2.57. The molecule has 0 bridgehead atoms. The highest BCUT2D eigenvalue weighted by molar-refractivity contribution is 5.45. The Morgan fingerprint density at radius 2 is 2.21 bits per heavy atom. The number of methoxy groups -OCH3 is 1. The molecule has 4 nitrogen and oxygen atoms in total. The molecular weight excluding hydrogens is 182 g/mol. The molecule has 0 heterocycles. The highest BCUT2D eigenvalue weighted by Gasteiger charge is 2.42. The molecule has 1 fully saturated rings. The van der Waals surface area contributed by atoms with Crippen LogP contribution in [0.15, 0.2) is 24.3 Å². The van der Waals surface area contributed by atoms with Crippen LogP contribution < -0.4 is 0 Å². The van der Waals surface area contributed by atoms with Gasteiger partial charge in [0, 0.05) is 24.7 Å². The Morgan fingerprint density at radius 1 is 1.50 bits per heavy atom. The minimum atomic E-state index is -0.333. The van der Waals surface area contributed by atoms with Crippen molar-refractivity contribution in [3.8, 4) is 0 Å². The fourth-order valence-corrected chi connectivity index (χ4v) is 1.73. The maximum absolute atomic E-state index is 10.7.